The first-order valence-corrected chi connectivity index (χ1v) is 7.78. The van der Waals surface area contributed by atoms with E-state index >= 15 is 0 Å². The Balaban J connectivity index is 2.35. The summed E-state index contributed by atoms with van der Waals surface area (Å²) in [4.78, 5) is 4.21. The molecule has 0 saturated carbocycles. The fourth-order valence-corrected chi connectivity index (χ4v) is 3.93. The van der Waals surface area contributed by atoms with Crippen molar-refractivity contribution in [1.29, 1.82) is 0 Å². The average Bonchev–Trinajstić information content (AvgIpc) is 2.63. The molecule has 4 nitrogen and oxygen atoms in total. The molecule has 0 fully saturated rings. The molecule has 7 heteroatoms. The molecule has 0 aliphatic heterocycles. The SMILES string of the molecule is Cc1ccccc1S(=O)(=O)Nc1ncc(Br)s1. The summed E-state index contributed by atoms with van der Waals surface area (Å²) in [5.41, 5.74) is 0.704. The van der Waals surface area contributed by atoms with E-state index in [4.69, 9.17) is 0 Å². The van der Waals surface area contributed by atoms with Crippen LogP contribution in [0.3, 0.4) is 0 Å². The predicted octanol–water partition coefficient (Wildman–Crippen LogP) is 3.01. The topological polar surface area (TPSA) is 59.1 Å². The van der Waals surface area contributed by atoms with Gasteiger partial charge in [0, 0.05) is 0 Å². The van der Waals surface area contributed by atoms with E-state index in [0.717, 1.165) is 3.79 Å². The summed E-state index contributed by atoms with van der Waals surface area (Å²) in [6.07, 6.45) is 1.56. The summed E-state index contributed by atoms with van der Waals surface area (Å²) >= 11 is 4.46. The highest BCUT2D eigenvalue weighted by Crippen LogP contribution is 2.26. The molecule has 0 spiro atoms. The van der Waals surface area contributed by atoms with E-state index in [1.54, 1.807) is 37.4 Å². The lowest BCUT2D eigenvalue weighted by Gasteiger charge is -2.07. The highest BCUT2D eigenvalue weighted by Gasteiger charge is 2.17. The van der Waals surface area contributed by atoms with Gasteiger partial charge in [-0.15, -0.1) is 0 Å². The van der Waals surface area contributed by atoms with Gasteiger partial charge in [0.1, 0.15) is 0 Å². The number of halogens is 1. The predicted molar refractivity (Wildman–Crippen MR) is 71.8 cm³/mol. The van der Waals surface area contributed by atoms with Crippen molar-refractivity contribution in [2.45, 2.75) is 11.8 Å². The van der Waals surface area contributed by atoms with E-state index < -0.39 is 10.0 Å². The minimum Gasteiger partial charge on any atom is -0.255 e. The Morgan fingerprint density at radius 2 is 2.06 bits per heavy atom. The van der Waals surface area contributed by atoms with Gasteiger partial charge in [-0.3, -0.25) is 4.72 Å². The van der Waals surface area contributed by atoms with Gasteiger partial charge in [-0.25, -0.2) is 13.4 Å². The number of sulfonamides is 1. The Morgan fingerprint density at radius 3 is 2.65 bits per heavy atom. The largest absolute Gasteiger partial charge is 0.263 e. The molecule has 0 aliphatic carbocycles. The van der Waals surface area contributed by atoms with Crippen LogP contribution in [0.15, 0.2) is 39.1 Å². The fraction of sp³-hybridized carbons (Fsp3) is 0.100. The maximum atomic E-state index is 12.1. The monoisotopic (exact) mass is 332 g/mol. The molecule has 0 amide bonds. The van der Waals surface area contributed by atoms with Crippen molar-refractivity contribution in [2.24, 2.45) is 0 Å². The molecular formula is C10H9BrN2O2S2. The lowest BCUT2D eigenvalue weighted by atomic mass is 10.2. The van der Waals surface area contributed by atoms with Crippen molar-refractivity contribution in [3.05, 3.63) is 39.8 Å². The Bertz CT molecular complexity index is 637. The second kappa shape index (κ2) is 4.75. The number of benzene rings is 1. The summed E-state index contributed by atoms with van der Waals surface area (Å²) in [6.45, 7) is 1.76. The fourth-order valence-electron chi connectivity index (χ4n) is 1.33. The average molecular weight is 333 g/mol. The van der Waals surface area contributed by atoms with Gasteiger partial charge < -0.3 is 0 Å². The molecule has 0 bridgehead atoms. The van der Waals surface area contributed by atoms with Gasteiger partial charge in [0.25, 0.3) is 10.0 Å². The molecule has 1 heterocycles. The number of hydrogen-bond donors (Lipinski definition) is 1. The Kier molecular flexibility index (Phi) is 3.50. The maximum Gasteiger partial charge on any atom is 0.263 e. The molecule has 2 rings (SSSR count). The molecule has 1 N–H and O–H groups in total. The van der Waals surface area contributed by atoms with E-state index in [9.17, 15) is 8.42 Å². The minimum atomic E-state index is -3.55. The van der Waals surface area contributed by atoms with Crippen LogP contribution in [-0.4, -0.2) is 13.4 Å². The van der Waals surface area contributed by atoms with Crippen molar-refractivity contribution < 1.29 is 8.42 Å². The standard InChI is InChI=1S/C10H9BrN2O2S2/c1-7-4-2-3-5-8(7)17(14,15)13-10-12-6-9(11)16-10/h2-6H,1H3,(H,12,13). The normalized spacial score (nSPS) is 11.4. The van der Waals surface area contributed by atoms with Gasteiger partial charge >= 0.3 is 0 Å². The lowest BCUT2D eigenvalue weighted by molar-refractivity contribution is 0.600. The number of anilines is 1. The van der Waals surface area contributed by atoms with E-state index in [-0.39, 0.29) is 4.90 Å². The highest BCUT2D eigenvalue weighted by atomic mass is 79.9. The first-order chi connectivity index (χ1) is 7.99. The van der Waals surface area contributed by atoms with E-state index in [1.807, 2.05) is 0 Å². The summed E-state index contributed by atoms with van der Waals surface area (Å²) in [6, 6.07) is 6.82. The molecule has 0 unspecified atom stereocenters. The van der Waals surface area contributed by atoms with Crippen LogP contribution in [0.5, 0.6) is 0 Å². The van der Waals surface area contributed by atoms with E-state index in [0.29, 0.717) is 10.7 Å². The molecule has 0 aliphatic rings. The van der Waals surface area contributed by atoms with Crippen molar-refractivity contribution >= 4 is 42.4 Å². The van der Waals surface area contributed by atoms with Gasteiger partial charge in [-0.05, 0) is 34.5 Å². The van der Waals surface area contributed by atoms with E-state index in [1.165, 1.54) is 11.3 Å². The van der Waals surface area contributed by atoms with Crippen molar-refractivity contribution in [2.75, 3.05) is 4.72 Å². The Hall–Kier alpha value is -0.920. The number of hydrogen-bond acceptors (Lipinski definition) is 4. The number of nitrogens with zero attached hydrogens (tertiary/aromatic N) is 1. The first-order valence-electron chi connectivity index (χ1n) is 4.69. The third kappa shape index (κ3) is 2.85. The number of rotatable bonds is 3. The maximum absolute atomic E-state index is 12.1. The summed E-state index contributed by atoms with van der Waals surface area (Å²) in [5.74, 6) is 0. The molecule has 17 heavy (non-hydrogen) atoms. The molecule has 2 aromatic rings. The molecule has 1 aromatic heterocycles. The second-order valence-corrected chi connectivity index (χ2v) is 7.40. The third-order valence-electron chi connectivity index (χ3n) is 2.08. The van der Waals surface area contributed by atoms with Gasteiger partial charge in [-0.2, -0.15) is 0 Å². The number of aryl methyl sites for hydroxylation is 1. The van der Waals surface area contributed by atoms with Gasteiger partial charge in [-0.1, -0.05) is 29.5 Å². The third-order valence-corrected chi connectivity index (χ3v) is 5.10. The van der Waals surface area contributed by atoms with E-state index in [2.05, 4.69) is 25.6 Å². The molecule has 0 atom stereocenters. The molecule has 0 saturated heterocycles. The zero-order chi connectivity index (χ0) is 12.5. The summed E-state index contributed by atoms with van der Waals surface area (Å²) in [7, 11) is -3.55. The molecular weight excluding hydrogens is 324 g/mol. The molecule has 1 aromatic carbocycles. The van der Waals surface area contributed by atoms with Crippen LogP contribution in [0, 0.1) is 6.92 Å². The van der Waals surface area contributed by atoms with Crippen LogP contribution < -0.4 is 4.72 Å². The van der Waals surface area contributed by atoms with Crippen LogP contribution in [0.2, 0.25) is 0 Å². The molecule has 90 valence electrons. The van der Waals surface area contributed by atoms with Crippen LogP contribution in [0.25, 0.3) is 0 Å². The quantitative estimate of drug-likeness (QED) is 0.939. The number of thiazole rings is 1. The van der Waals surface area contributed by atoms with Crippen molar-refractivity contribution in [3.8, 4) is 0 Å². The second-order valence-electron chi connectivity index (χ2n) is 3.34. The Labute approximate surface area is 112 Å². The minimum absolute atomic E-state index is 0.270. The van der Waals surface area contributed by atoms with Crippen LogP contribution in [-0.2, 0) is 10.0 Å². The highest BCUT2D eigenvalue weighted by molar-refractivity contribution is 9.11. The number of nitrogens with one attached hydrogen (secondary N) is 1. The molecule has 0 radical (unpaired) electrons. The first kappa shape index (κ1) is 12.5. The number of aromatic nitrogens is 1. The lowest BCUT2D eigenvalue weighted by Crippen LogP contribution is -2.13. The Morgan fingerprint density at radius 1 is 1.35 bits per heavy atom. The van der Waals surface area contributed by atoms with Crippen LogP contribution in [0.4, 0.5) is 5.13 Å². The van der Waals surface area contributed by atoms with Crippen LogP contribution in [0.1, 0.15) is 5.56 Å². The summed E-state index contributed by atoms with van der Waals surface area (Å²) < 4.78 is 27.4. The van der Waals surface area contributed by atoms with Crippen molar-refractivity contribution in [1.82, 2.24) is 4.98 Å². The zero-order valence-corrected chi connectivity index (χ0v) is 12.1. The summed E-state index contributed by atoms with van der Waals surface area (Å²) in [5, 5.41) is 0.347. The smallest absolute Gasteiger partial charge is 0.255 e. The van der Waals surface area contributed by atoms with Gasteiger partial charge in [0.15, 0.2) is 5.13 Å². The zero-order valence-electron chi connectivity index (χ0n) is 8.84. The van der Waals surface area contributed by atoms with Crippen LogP contribution >= 0.6 is 27.3 Å². The van der Waals surface area contributed by atoms with Crippen molar-refractivity contribution in [3.63, 3.8) is 0 Å². The van der Waals surface area contributed by atoms with Gasteiger partial charge in [0.05, 0.1) is 14.9 Å². The van der Waals surface area contributed by atoms with Gasteiger partial charge in [0.2, 0.25) is 0 Å².